The molecule has 2 heteroatoms. The van der Waals surface area contributed by atoms with Gasteiger partial charge in [-0.1, -0.05) is 32.4 Å². The molecule has 1 aromatic heterocycles. The van der Waals surface area contributed by atoms with Crippen LogP contribution in [0.15, 0.2) is 30.3 Å². The van der Waals surface area contributed by atoms with Crippen LogP contribution in [0.1, 0.15) is 50.4 Å². The lowest BCUT2D eigenvalue weighted by Crippen LogP contribution is -2.31. The second-order valence-electron chi connectivity index (χ2n) is 7.16. The number of benzene rings is 1. The van der Waals surface area contributed by atoms with Crippen LogP contribution >= 0.6 is 0 Å². The van der Waals surface area contributed by atoms with Gasteiger partial charge in [-0.25, -0.2) is 0 Å². The molecule has 2 unspecified atom stereocenters. The van der Waals surface area contributed by atoms with Crippen molar-refractivity contribution in [2.75, 3.05) is 7.05 Å². The molecule has 21 heavy (non-hydrogen) atoms. The van der Waals surface area contributed by atoms with Crippen LogP contribution in [0.3, 0.4) is 0 Å². The maximum Gasteiger partial charge on any atom is 0.0705 e. The topological polar surface area (TPSA) is 24.9 Å². The van der Waals surface area contributed by atoms with E-state index < -0.39 is 0 Å². The Morgan fingerprint density at radius 3 is 2.71 bits per heavy atom. The van der Waals surface area contributed by atoms with Crippen LogP contribution in [-0.2, 0) is 0 Å². The summed E-state index contributed by atoms with van der Waals surface area (Å²) in [7, 11) is 2.09. The Bertz CT molecular complexity index is 645. The number of aromatic nitrogens is 1. The largest absolute Gasteiger partial charge is 0.313 e. The minimum Gasteiger partial charge on any atom is -0.313 e. The van der Waals surface area contributed by atoms with Gasteiger partial charge in [0.05, 0.1) is 5.52 Å². The molecule has 1 aliphatic rings. The fourth-order valence-electron chi connectivity index (χ4n) is 4.01. The highest BCUT2D eigenvalue weighted by Crippen LogP contribution is 2.48. The molecule has 112 valence electrons. The summed E-state index contributed by atoms with van der Waals surface area (Å²) < 4.78 is 0. The first-order valence-electron chi connectivity index (χ1n) is 8.06. The highest BCUT2D eigenvalue weighted by molar-refractivity contribution is 5.79. The van der Waals surface area contributed by atoms with Crippen LogP contribution in [0.4, 0.5) is 0 Å². The van der Waals surface area contributed by atoms with Gasteiger partial charge in [-0.15, -0.1) is 0 Å². The molecular formula is C19H26N2. The highest BCUT2D eigenvalue weighted by atomic mass is 14.9. The third kappa shape index (κ3) is 2.69. The first-order valence-corrected chi connectivity index (χ1v) is 8.06. The van der Waals surface area contributed by atoms with Crippen molar-refractivity contribution < 1.29 is 0 Å². The van der Waals surface area contributed by atoms with E-state index in [1.807, 2.05) is 6.92 Å². The number of pyridine rings is 1. The molecule has 1 heterocycles. The molecule has 0 saturated heterocycles. The molecule has 1 aliphatic carbocycles. The van der Waals surface area contributed by atoms with E-state index in [0.717, 1.165) is 11.2 Å². The predicted octanol–water partition coefficient (Wildman–Crippen LogP) is 4.63. The normalized spacial score (nSPS) is 22.6. The smallest absolute Gasteiger partial charge is 0.0705 e. The van der Waals surface area contributed by atoms with Crippen LogP contribution < -0.4 is 5.32 Å². The van der Waals surface area contributed by atoms with E-state index in [1.165, 1.54) is 30.2 Å². The van der Waals surface area contributed by atoms with Crippen LogP contribution in [0.2, 0.25) is 0 Å². The third-order valence-corrected chi connectivity index (χ3v) is 5.26. The molecule has 0 aliphatic heterocycles. The molecule has 1 fully saturated rings. The molecule has 1 N–H and O–H groups in total. The summed E-state index contributed by atoms with van der Waals surface area (Å²) >= 11 is 0. The molecule has 1 saturated carbocycles. The van der Waals surface area contributed by atoms with Gasteiger partial charge in [0.25, 0.3) is 0 Å². The Labute approximate surface area is 128 Å². The van der Waals surface area contributed by atoms with E-state index in [-0.39, 0.29) is 0 Å². The molecule has 0 radical (unpaired) electrons. The van der Waals surface area contributed by atoms with Crippen molar-refractivity contribution in [2.24, 2.45) is 11.3 Å². The van der Waals surface area contributed by atoms with Gasteiger partial charge in [0.15, 0.2) is 0 Å². The fourth-order valence-corrected chi connectivity index (χ4v) is 4.01. The number of hydrogen-bond donors (Lipinski definition) is 1. The number of nitrogens with one attached hydrogen (secondary N) is 1. The molecular weight excluding hydrogens is 256 g/mol. The van der Waals surface area contributed by atoms with E-state index in [1.54, 1.807) is 0 Å². The number of nitrogens with zero attached hydrogens (tertiary/aromatic N) is 1. The van der Waals surface area contributed by atoms with Gasteiger partial charge in [0, 0.05) is 17.1 Å². The van der Waals surface area contributed by atoms with E-state index in [2.05, 4.69) is 61.5 Å². The maximum absolute atomic E-state index is 4.61. The number of hydrogen-bond acceptors (Lipinski definition) is 2. The second-order valence-corrected chi connectivity index (χ2v) is 7.16. The molecule has 1 aromatic carbocycles. The van der Waals surface area contributed by atoms with Crippen molar-refractivity contribution in [3.8, 4) is 0 Å². The quantitative estimate of drug-likeness (QED) is 0.887. The molecule has 0 spiro atoms. The molecule has 2 aromatic rings. The van der Waals surface area contributed by atoms with Gasteiger partial charge in [-0.2, -0.15) is 0 Å². The van der Waals surface area contributed by atoms with Crippen LogP contribution in [0, 0.1) is 18.3 Å². The monoisotopic (exact) mass is 282 g/mol. The van der Waals surface area contributed by atoms with Gasteiger partial charge in [-0.3, -0.25) is 4.98 Å². The first kappa shape index (κ1) is 14.5. The Morgan fingerprint density at radius 1 is 1.24 bits per heavy atom. The van der Waals surface area contributed by atoms with Crippen molar-refractivity contribution in [1.29, 1.82) is 0 Å². The first-order chi connectivity index (χ1) is 10.0. The number of rotatable bonds is 3. The molecule has 0 bridgehead atoms. The third-order valence-electron chi connectivity index (χ3n) is 5.26. The lowest BCUT2D eigenvalue weighted by molar-refractivity contribution is 0.204. The fraction of sp³-hybridized carbons (Fsp3) is 0.526. The van der Waals surface area contributed by atoms with Crippen molar-refractivity contribution in [2.45, 2.75) is 46.1 Å². The molecule has 2 nitrogen and oxygen atoms in total. The zero-order chi connectivity index (χ0) is 15.0. The van der Waals surface area contributed by atoms with Crippen LogP contribution in [0.25, 0.3) is 10.9 Å². The SMILES string of the molecule is CNC(c1ccc2nc(C)ccc2c1)C1CCCC1(C)C. The lowest BCUT2D eigenvalue weighted by Gasteiger charge is -2.34. The van der Waals surface area contributed by atoms with Crippen LogP contribution in [-0.4, -0.2) is 12.0 Å². The Morgan fingerprint density at radius 2 is 2.05 bits per heavy atom. The van der Waals surface area contributed by atoms with E-state index in [4.69, 9.17) is 0 Å². The number of aryl methyl sites for hydroxylation is 1. The lowest BCUT2D eigenvalue weighted by atomic mass is 9.75. The molecule has 0 amide bonds. The summed E-state index contributed by atoms with van der Waals surface area (Å²) in [6.07, 6.45) is 4.01. The summed E-state index contributed by atoms with van der Waals surface area (Å²) in [4.78, 5) is 4.61. The average Bonchev–Trinajstić information content (AvgIpc) is 2.80. The Hall–Kier alpha value is -1.41. The molecule has 2 atom stereocenters. The zero-order valence-corrected chi connectivity index (χ0v) is 13.6. The average molecular weight is 282 g/mol. The van der Waals surface area contributed by atoms with E-state index in [9.17, 15) is 0 Å². The van der Waals surface area contributed by atoms with Crippen molar-refractivity contribution >= 4 is 10.9 Å². The van der Waals surface area contributed by atoms with Crippen LogP contribution in [0.5, 0.6) is 0 Å². The highest BCUT2D eigenvalue weighted by Gasteiger charge is 2.39. The van der Waals surface area contributed by atoms with E-state index in [0.29, 0.717) is 17.4 Å². The van der Waals surface area contributed by atoms with Gasteiger partial charge in [-0.05, 0) is 61.9 Å². The van der Waals surface area contributed by atoms with Gasteiger partial charge in [0.1, 0.15) is 0 Å². The minimum absolute atomic E-state index is 0.425. The zero-order valence-electron chi connectivity index (χ0n) is 13.6. The summed E-state index contributed by atoms with van der Waals surface area (Å²) in [6.45, 7) is 6.88. The summed E-state index contributed by atoms with van der Waals surface area (Å²) in [5.74, 6) is 0.707. The van der Waals surface area contributed by atoms with Gasteiger partial charge in [0.2, 0.25) is 0 Å². The van der Waals surface area contributed by atoms with Crippen molar-refractivity contribution in [3.05, 3.63) is 41.6 Å². The van der Waals surface area contributed by atoms with Gasteiger partial charge >= 0.3 is 0 Å². The Kier molecular flexibility index (Phi) is 3.75. The van der Waals surface area contributed by atoms with Crippen molar-refractivity contribution in [3.63, 3.8) is 0 Å². The maximum atomic E-state index is 4.61. The van der Waals surface area contributed by atoms with E-state index >= 15 is 0 Å². The molecule has 3 rings (SSSR count). The second kappa shape index (κ2) is 5.42. The standard InChI is InChI=1S/C19H26N2/c1-13-7-8-14-12-15(9-10-17(14)21-13)18(20-4)16-6-5-11-19(16,2)3/h7-10,12,16,18,20H,5-6,11H2,1-4H3. The van der Waals surface area contributed by atoms with Gasteiger partial charge < -0.3 is 5.32 Å². The number of fused-ring (bicyclic) bond motifs is 1. The summed E-state index contributed by atoms with van der Waals surface area (Å²) in [6, 6.07) is 11.5. The Balaban J connectivity index is 1.99. The van der Waals surface area contributed by atoms with Crippen molar-refractivity contribution in [1.82, 2.24) is 10.3 Å². The summed E-state index contributed by atoms with van der Waals surface area (Å²) in [5, 5.41) is 4.82. The predicted molar refractivity (Wildman–Crippen MR) is 89.4 cm³/mol. The minimum atomic E-state index is 0.425. The summed E-state index contributed by atoms with van der Waals surface area (Å²) in [5.41, 5.74) is 4.00.